The molecule has 0 saturated carbocycles. The Hall–Kier alpha value is -2.73. The number of amides is 2. The van der Waals surface area contributed by atoms with Gasteiger partial charge in [-0.3, -0.25) is 9.59 Å². The molecule has 1 saturated heterocycles. The van der Waals surface area contributed by atoms with E-state index in [0.717, 1.165) is 41.6 Å². The topological polar surface area (TPSA) is 78.3 Å². The average Bonchev–Trinajstić information content (AvgIpc) is 3.43. The Bertz CT molecular complexity index is 1070. The maximum Gasteiger partial charge on any atom is 0.225 e. The summed E-state index contributed by atoms with van der Waals surface area (Å²) >= 11 is 6.35. The van der Waals surface area contributed by atoms with E-state index >= 15 is 0 Å². The summed E-state index contributed by atoms with van der Waals surface area (Å²) in [5.41, 5.74) is 3.21. The number of furan rings is 1. The molecule has 1 aromatic carbocycles. The first-order valence-corrected chi connectivity index (χ1v) is 10.4. The molecule has 1 aliphatic heterocycles. The largest absolute Gasteiger partial charge is 0.467 e. The average molecular weight is 412 g/mol. The van der Waals surface area contributed by atoms with Crippen molar-refractivity contribution in [2.75, 3.05) is 6.54 Å². The van der Waals surface area contributed by atoms with Gasteiger partial charge >= 0.3 is 0 Å². The highest BCUT2D eigenvalue weighted by atomic mass is 35.5. The van der Waals surface area contributed by atoms with Gasteiger partial charge in [-0.1, -0.05) is 23.7 Å². The van der Waals surface area contributed by atoms with Gasteiger partial charge in [0.1, 0.15) is 5.76 Å². The molecular formula is C22H22ClN3O3. The van der Waals surface area contributed by atoms with Crippen LogP contribution in [0.25, 0.3) is 10.9 Å². The summed E-state index contributed by atoms with van der Waals surface area (Å²) in [6, 6.07) is 9.46. The predicted molar refractivity (Wildman–Crippen MR) is 109 cm³/mol. The van der Waals surface area contributed by atoms with Crippen molar-refractivity contribution in [2.45, 2.75) is 38.3 Å². The standard InChI is InChI=1S/C22H22ClN3O3/c23-17-7-1-5-15-16-6-2-8-18(21(16)25-20(15)17)24-22(28)13-10-19(27)26(11-13)12-14-4-3-9-29-14/h1,3-5,7,9,13,18,25H,2,6,8,10-12H2,(H,24,28)/t13-,18+/m1/s1. The molecule has 7 heteroatoms. The number of hydrogen-bond acceptors (Lipinski definition) is 3. The van der Waals surface area contributed by atoms with Gasteiger partial charge in [-0.2, -0.15) is 0 Å². The predicted octanol–water partition coefficient (Wildman–Crippen LogP) is 3.96. The van der Waals surface area contributed by atoms with E-state index < -0.39 is 0 Å². The van der Waals surface area contributed by atoms with Crippen LogP contribution in [0.15, 0.2) is 41.0 Å². The number of H-pyrrole nitrogens is 1. The normalized spacial score (nSPS) is 21.6. The van der Waals surface area contributed by atoms with Gasteiger partial charge < -0.3 is 19.6 Å². The number of para-hydroxylation sites is 1. The second-order valence-corrected chi connectivity index (χ2v) is 8.29. The van der Waals surface area contributed by atoms with E-state index in [1.54, 1.807) is 17.2 Å². The number of nitrogens with one attached hydrogen (secondary N) is 2. The molecule has 2 aliphatic rings. The fraction of sp³-hybridized carbons (Fsp3) is 0.364. The first-order valence-electron chi connectivity index (χ1n) is 9.99. The third-order valence-electron chi connectivity index (χ3n) is 6.02. The maximum atomic E-state index is 12.9. The fourth-order valence-corrected chi connectivity index (χ4v) is 4.80. The highest BCUT2D eigenvalue weighted by Crippen LogP contribution is 2.37. The number of halogens is 1. The van der Waals surface area contributed by atoms with Crippen LogP contribution in [0.4, 0.5) is 0 Å². The Balaban J connectivity index is 1.31. The lowest BCUT2D eigenvalue weighted by molar-refractivity contribution is -0.129. The van der Waals surface area contributed by atoms with E-state index in [1.165, 1.54) is 5.56 Å². The molecule has 2 atom stereocenters. The molecule has 3 heterocycles. The fourth-order valence-electron chi connectivity index (χ4n) is 4.58. The van der Waals surface area contributed by atoms with Gasteiger partial charge in [-0.05, 0) is 43.0 Å². The summed E-state index contributed by atoms with van der Waals surface area (Å²) in [5.74, 6) is 0.313. The minimum absolute atomic E-state index is 0.0109. The van der Waals surface area contributed by atoms with Crippen molar-refractivity contribution >= 4 is 34.3 Å². The number of hydrogen-bond donors (Lipinski definition) is 2. The lowest BCUT2D eigenvalue weighted by Gasteiger charge is -2.25. The molecule has 2 aromatic heterocycles. The highest BCUT2D eigenvalue weighted by molar-refractivity contribution is 6.35. The van der Waals surface area contributed by atoms with Crippen LogP contribution >= 0.6 is 11.6 Å². The molecule has 0 radical (unpaired) electrons. The van der Waals surface area contributed by atoms with Gasteiger partial charge in [-0.25, -0.2) is 0 Å². The number of benzene rings is 1. The molecule has 0 spiro atoms. The quantitative estimate of drug-likeness (QED) is 0.682. The molecule has 6 nitrogen and oxygen atoms in total. The van der Waals surface area contributed by atoms with Crippen molar-refractivity contribution in [3.8, 4) is 0 Å². The molecule has 29 heavy (non-hydrogen) atoms. The van der Waals surface area contributed by atoms with E-state index in [9.17, 15) is 9.59 Å². The van der Waals surface area contributed by atoms with Gasteiger partial charge in [0, 0.05) is 24.0 Å². The summed E-state index contributed by atoms with van der Waals surface area (Å²) in [6.45, 7) is 0.827. The van der Waals surface area contributed by atoms with E-state index in [0.29, 0.717) is 18.1 Å². The molecule has 1 fully saturated rings. The van der Waals surface area contributed by atoms with Crippen LogP contribution in [0.5, 0.6) is 0 Å². The number of fused-ring (bicyclic) bond motifs is 3. The van der Waals surface area contributed by atoms with Gasteiger partial charge in [0.2, 0.25) is 11.8 Å². The van der Waals surface area contributed by atoms with Crippen LogP contribution in [0, 0.1) is 5.92 Å². The smallest absolute Gasteiger partial charge is 0.225 e. The lowest BCUT2D eigenvalue weighted by atomic mass is 9.91. The Morgan fingerprint density at radius 1 is 1.31 bits per heavy atom. The van der Waals surface area contributed by atoms with Gasteiger partial charge in [0.25, 0.3) is 0 Å². The molecule has 0 unspecified atom stereocenters. The van der Waals surface area contributed by atoms with E-state index in [-0.39, 0.29) is 30.2 Å². The zero-order chi connectivity index (χ0) is 20.0. The second kappa shape index (κ2) is 7.26. The Labute approximate surface area is 173 Å². The molecule has 2 N–H and O–H groups in total. The van der Waals surface area contributed by atoms with Gasteiger partial charge in [0.05, 0.1) is 35.3 Å². The zero-order valence-corrected chi connectivity index (χ0v) is 16.7. The van der Waals surface area contributed by atoms with Crippen LogP contribution in [0.3, 0.4) is 0 Å². The van der Waals surface area contributed by atoms with Crippen molar-refractivity contribution in [1.29, 1.82) is 0 Å². The van der Waals surface area contributed by atoms with Crippen molar-refractivity contribution in [3.63, 3.8) is 0 Å². The summed E-state index contributed by atoms with van der Waals surface area (Å²) in [6.07, 6.45) is 4.68. The van der Waals surface area contributed by atoms with Crippen LogP contribution in [0.1, 0.15) is 42.3 Å². The van der Waals surface area contributed by atoms with Crippen LogP contribution in [-0.2, 0) is 22.6 Å². The van der Waals surface area contributed by atoms with Crippen LogP contribution < -0.4 is 5.32 Å². The number of rotatable bonds is 4. The van der Waals surface area contributed by atoms with E-state index in [4.69, 9.17) is 16.0 Å². The van der Waals surface area contributed by atoms with Gasteiger partial charge in [-0.15, -0.1) is 0 Å². The highest BCUT2D eigenvalue weighted by Gasteiger charge is 2.36. The van der Waals surface area contributed by atoms with Crippen LogP contribution in [-0.4, -0.2) is 28.2 Å². The third kappa shape index (κ3) is 3.31. The summed E-state index contributed by atoms with van der Waals surface area (Å²) in [4.78, 5) is 30.4. The minimum Gasteiger partial charge on any atom is -0.467 e. The summed E-state index contributed by atoms with van der Waals surface area (Å²) in [7, 11) is 0. The number of aromatic nitrogens is 1. The lowest BCUT2D eigenvalue weighted by Crippen LogP contribution is -2.36. The molecule has 150 valence electrons. The number of carbonyl (C=O) groups is 2. The Morgan fingerprint density at radius 2 is 2.21 bits per heavy atom. The third-order valence-corrected chi connectivity index (χ3v) is 6.34. The number of aryl methyl sites for hydroxylation is 1. The number of aromatic amines is 1. The second-order valence-electron chi connectivity index (χ2n) is 7.89. The SMILES string of the molecule is O=C(N[C@H]1CCCc2c1[nH]c1c(Cl)cccc21)[C@@H]1CC(=O)N(Cc2ccco2)C1. The molecule has 1 aliphatic carbocycles. The molecular weight excluding hydrogens is 390 g/mol. The maximum absolute atomic E-state index is 12.9. The van der Waals surface area contributed by atoms with Crippen molar-refractivity contribution in [2.24, 2.45) is 5.92 Å². The number of likely N-dealkylation sites (tertiary alicyclic amines) is 1. The molecule has 2 amide bonds. The molecule has 5 rings (SSSR count). The Kier molecular flexibility index (Phi) is 4.59. The molecule has 0 bridgehead atoms. The Morgan fingerprint density at radius 3 is 3.03 bits per heavy atom. The van der Waals surface area contributed by atoms with Crippen molar-refractivity contribution in [1.82, 2.24) is 15.2 Å². The number of nitrogens with zero attached hydrogens (tertiary/aromatic N) is 1. The first kappa shape index (κ1) is 18.3. The van der Waals surface area contributed by atoms with E-state index in [1.807, 2.05) is 18.2 Å². The minimum atomic E-state index is -0.337. The van der Waals surface area contributed by atoms with Crippen LogP contribution in [0.2, 0.25) is 5.02 Å². The number of carbonyl (C=O) groups excluding carboxylic acids is 2. The zero-order valence-electron chi connectivity index (χ0n) is 15.9. The molecule has 3 aromatic rings. The summed E-state index contributed by atoms with van der Waals surface area (Å²) < 4.78 is 5.33. The monoisotopic (exact) mass is 411 g/mol. The van der Waals surface area contributed by atoms with E-state index in [2.05, 4.69) is 16.4 Å². The van der Waals surface area contributed by atoms with Crippen molar-refractivity contribution in [3.05, 3.63) is 58.6 Å². The van der Waals surface area contributed by atoms with Crippen molar-refractivity contribution < 1.29 is 14.0 Å². The van der Waals surface area contributed by atoms with Gasteiger partial charge in [0.15, 0.2) is 0 Å². The first-order chi connectivity index (χ1) is 14.1. The summed E-state index contributed by atoms with van der Waals surface area (Å²) in [5, 5.41) is 5.00.